The van der Waals surface area contributed by atoms with Gasteiger partial charge in [-0.2, -0.15) is 39.6 Å². The largest absolute Gasteiger partial charge is 0.493 e. The molecule has 0 fully saturated rings. The van der Waals surface area contributed by atoms with Gasteiger partial charge in [0.2, 0.25) is 0 Å². The fourth-order valence-corrected chi connectivity index (χ4v) is 13.0. The van der Waals surface area contributed by atoms with Crippen LogP contribution in [-0.2, 0) is 30.4 Å². The second-order valence-corrected chi connectivity index (χ2v) is 22.1. The first kappa shape index (κ1) is 51.6. The maximum absolute atomic E-state index is 14.1. The van der Waals surface area contributed by atoms with Gasteiger partial charge in [-0.3, -0.25) is 14.4 Å². The molecule has 0 radical (unpaired) electrons. The Kier molecular flexibility index (Phi) is 13.3. The number of carbonyl (C=O) groups is 3. The van der Waals surface area contributed by atoms with Crippen molar-refractivity contribution >= 4 is 81.9 Å². The van der Waals surface area contributed by atoms with Crippen molar-refractivity contribution in [1.29, 1.82) is 0 Å². The van der Waals surface area contributed by atoms with Gasteiger partial charge in [0, 0.05) is 51.5 Å². The molecule has 0 heterocycles. The molecule has 6 aromatic carbocycles. The number of Topliss-reactive ketones (excluding diaryl/α,β-unsaturated/α-hetero) is 3. The van der Waals surface area contributed by atoms with Gasteiger partial charge in [-0.05, 0) is 103 Å². The maximum atomic E-state index is 14.1. The van der Waals surface area contributed by atoms with Gasteiger partial charge in [-0.1, -0.05) is 78.9 Å². The molecule has 0 saturated heterocycles. The zero-order valence-electron chi connectivity index (χ0n) is 40.5. The van der Waals surface area contributed by atoms with Crippen LogP contribution in [0.25, 0.3) is 33.7 Å². The molecule has 3 aliphatic rings. The lowest BCUT2D eigenvalue weighted by atomic mass is 9.82. The van der Waals surface area contributed by atoms with Gasteiger partial charge < -0.3 is 33.9 Å². The Morgan fingerprint density at radius 1 is 0.447 bits per heavy atom. The molecular weight excluding hydrogens is 1040 g/mol. The number of ketones is 3. The van der Waals surface area contributed by atoms with Crippen molar-refractivity contribution in [1.82, 2.24) is 0 Å². The van der Waals surface area contributed by atoms with Gasteiger partial charge in [-0.15, -0.1) is 0 Å². The van der Waals surface area contributed by atoms with E-state index in [-0.39, 0.29) is 77.6 Å². The topological polar surface area (TPSA) is 300 Å². The molecule has 0 aromatic heterocycles. The summed E-state index contributed by atoms with van der Waals surface area (Å²) in [6.45, 7) is 6.48. The minimum Gasteiger partial charge on any atom is -0.493 e. The van der Waals surface area contributed by atoms with Crippen molar-refractivity contribution in [2.24, 2.45) is 0 Å². The quantitative estimate of drug-likeness (QED) is 0.0458. The number of allylic oxidation sites excluding steroid dienone is 3. The van der Waals surface area contributed by atoms with Gasteiger partial charge in [0.15, 0.2) is 11.5 Å². The van der Waals surface area contributed by atoms with Crippen LogP contribution in [-0.4, -0.2) is 81.2 Å². The van der Waals surface area contributed by atoms with Crippen molar-refractivity contribution in [2.45, 2.75) is 43.4 Å². The van der Waals surface area contributed by atoms with E-state index in [1.54, 1.807) is 58.0 Å². The molecule has 0 saturated carbocycles. The van der Waals surface area contributed by atoms with E-state index in [4.69, 9.17) is 17.3 Å². The van der Waals surface area contributed by atoms with E-state index in [0.29, 0.717) is 38.9 Å². The van der Waals surface area contributed by atoms with Crippen LogP contribution in [0.3, 0.4) is 0 Å². The third-order valence-electron chi connectivity index (χ3n) is 12.7. The number of hydrogen-bond donors (Lipinski definition) is 0. The highest BCUT2D eigenvalue weighted by Crippen LogP contribution is 2.44. The number of ether oxygens (including phenoxy) is 1. The summed E-state index contributed by atoms with van der Waals surface area (Å²) in [6.07, 6.45) is 5.93. The highest BCUT2D eigenvalue weighted by atomic mass is 32.2. The molecule has 19 nitrogen and oxygen atoms in total. The Balaban J connectivity index is 1.13. The van der Waals surface area contributed by atoms with Gasteiger partial charge in [0.25, 0.3) is 17.3 Å². The molecule has 0 atom stereocenters. The number of fused-ring (bicyclic) bond motifs is 3. The third-order valence-corrected chi connectivity index (χ3v) is 16.5. The van der Waals surface area contributed by atoms with Crippen molar-refractivity contribution in [3.8, 4) is 23.0 Å². The van der Waals surface area contributed by atoms with E-state index in [9.17, 15) is 56.2 Å². The van der Waals surface area contributed by atoms with Gasteiger partial charge >= 0.3 is 47.5 Å². The summed E-state index contributed by atoms with van der Waals surface area (Å²) in [5, 5.41) is 0. The number of methoxy groups -OCH3 is 1. The van der Waals surface area contributed by atoms with E-state index < -0.39 is 64.2 Å². The van der Waals surface area contributed by atoms with Crippen LogP contribution < -0.4 is 17.3 Å². The van der Waals surface area contributed by atoms with Crippen LogP contribution >= 0.6 is 0 Å². The van der Waals surface area contributed by atoms with Crippen molar-refractivity contribution in [3.05, 3.63) is 210 Å². The minimum atomic E-state index is -4.77. The van der Waals surface area contributed by atoms with Crippen molar-refractivity contribution < 1.29 is 71.3 Å². The fraction of sp³-hybridized carbons (Fsp3) is 0.111. The monoisotopic (exact) mass is 1070 g/mol. The Bertz CT molecular complexity index is 4030. The predicted octanol–water partition coefficient (Wildman–Crippen LogP) is 8.02. The van der Waals surface area contributed by atoms with Gasteiger partial charge in [-0.25, -0.2) is 0 Å². The lowest BCUT2D eigenvalue weighted by Gasteiger charge is -2.24. The van der Waals surface area contributed by atoms with Crippen LogP contribution in [0.5, 0.6) is 23.0 Å². The van der Waals surface area contributed by atoms with Crippen molar-refractivity contribution in [3.63, 3.8) is 0 Å². The van der Waals surface area contributed by atoms with Crippen LogP contribution in [0.2, 0.25) is 0 Å². The first-order valence-corrected chi connectivity index (χ1v) is 26.8. The summed E-state index contributed by atoms with van der Waals surface area (Å²) in [6, 6.07) is 25.0. The Morgan fingerprint density at radius 2 is 0.882 bits per heavy atom. The number of benzene rings is 6. The summed E-state index contributed by atoms with van der Waals surface area (Å²) < 4.78 is 107. The lowest BCUT2D eigenvalue weighted by molar-refractivity contribution is -0.00459. The average Bonchev–Trinajstić information content (AvgIpc) is 3.41. The predicted molar refractivity (Wildman–Crippen MR) is 275 cm³/mol. The average molecular weight is 1080 g/mol. The highest BCUT2D eigenvalue weighted by molar-refractivity contribution is 7.96. The zero-order chi connectivity index (χ0) is 54.6. The summed E-state index contributed by atoms with van der Waals surface area (Å²) in [4.78, 5) is 46.7. The lowest BCUT2D eigenvalue weighted by Crippen LogP contribution is -2.24. The summed E-state index contributed by atoms with van der Waals surface area (Å²) in [7, 11) is -12.8. The molecule has 9 rings (SSSR count). The Hall–Kier alpha value is -9.26. The molecule has 0 N–H and O–H groups in total. The second kappa shape index (κ2) is 19.5. The van der Waals surface area contributed by atoms with Crippen LogP contribution in [0.1, 0.15) is 92.6 Å². The summed E-state index contributed by atoms with van der Waals surface area (Å²) in [5.41, 5.74) is 30.0. The summed E-state index contributed by atoms with van der Waals surface area (Å²) in [5.74, 6) is -3.34. The Labute approximate surface area is 434 Å². The highest BCUT2D eigenvalue weighted by Gasteiger charge is 2.38. The number of aryl methyl sites for hydroxylation is 4. The smallest absolute Gasteiger partial charge is 0.364 e. The minimum absolute atomic E-state index is 0.0100. The molecule has 22 heteroatoms. The van der Waals surface area contributed by atoms with Crippen molar-refractivity contribution in [2.75, 3.05) is 7.11 Å². The van der Waals surface area contributed by atoms with Crippen LogP contribution in [0.4, 0.5) is 0 Å². The number of hydrogen-bond acceptors (Lipinski definition) is 13. The molecule has 76 heavy (non-hydrogen) atoms. The molecule has 0 aliphatic heterocycles. The normalized spacial score (nSPS) is 14.4. The first-order chi connectivity index (χ1) is 36.1. The van der Waals surface area contributed by atoms with E-state index >= 15 is 0 Å². The zero-order valence-corrected chi connectivity index (χ0v) is 42.9. The van der Waals surface area contributed by atoms with E-state index in [0.717, 1.165) is 6.08 Å². The molecule has 0 unspecified atom stereocenters. The third kappa shape index (κ3) is 9.13. The molecule has 0 amide bonds. The number of carbonyl (C=O) groups excluding carboxylic acids is 3. The molecule has 0 bridgehead atoms. The summed E-state index contributed by atoms with van der Waals surface area (Å²) >= 11 is 0. The molecule has 0 spiro atoms. The number of nitrogens with zero attached hydrogens (tertiary/aromatic N) is 6. The SMILES string of the molecule is COc1cc(C(c2cc(C)c(OS(=O)(=O)c3cccc4c3C=CC(=[N+]=[N-])C4=O)c(C)c2)c2cc(C)c(OS(=O)(=O)c3cccc4c3C=CC(=[N+]=[N-])C4=O)c(C)c2)ccc1OS(=O)(=O)C1=CC(=[N+]=[N-])C(=O)c2ccccc21. The number of rotatable bonds is 13. The maximum Gasteiger partial charge on any atom is 0.364 e. The Morgan fingerprint density at radius 3 is 1.33 bits per heavy atom. The molecule has 3 aliphatic carbocycles. The second-order valence-electron chi connectivity index (χ2n) is 17.5. The van der Waals surface area contributed by atoms with Gasteiger partial charge in [0.05, 0.1) is 13.2 Å². The first-order valence-electron chi connectivity index (χ1n) is 22.6. The van der Waals surface area contributed by atoms with E-state index in [1.165, 1.54) is 104 Å². The van der Waals surface area contributed by atoms with E-state index in [1.807, 2.05) is 0 Å². The van der Waals surface area contributed by atoms with Crippen LogP contribution in [0, 0.1) is 27.7 Å². The van der Waals surface area contributed by atoms with Crippen LogP contribution in [0.15, 0.2) is 131 Å². The molecular formula is C54H38N6O13S3. The molecule has 380 valence electrons. The fourth-order valence-electron chi connectivity index (χ4n) is 9.30. The van der Waals surface area contributed by atoms with E-state index in [2.05, 4.69) is 14.4 Å². The van der Waals surface area contributed by atoms with Gasteiger partial charge in [0.1, 0.15) is 26.2 Å². The molecule has 6 aromatic rings. The standard InChI is InChI=1S/C54H38N6O13S3/c1-28-22-33(23-29(2)53(28)72-74(64,65)46-14-8-12-39-36(46)17-19-41(58-55)50(39)61)49(32-16-21-44(45(26-32)70-5)71-76(68,69)48-27-43(60-57)52(63)38-11-7-6-10-35(38)48)34-24-30(3)54(31(4)25-34)73-75(66,67)47-15-9-13-40-37(47)18-20-42(59-56)51(40)62/h6-27,49H,1-5H3.